The highest BCUT2D eigenvalue weighted by atomic mass is 16.6. The van der Waals surface area contributed by atoms with Gasteiger partial charge in [-0.15, -0.1) is 0 Å². The van der Waals surface area contributed by atoms with E-state index in [0.717, 1.165) is 0 Å². The average molecular weight is 169 g/mol. The number of allylic oxidation sites excluding steroid dienone is 1. The summed E-state index contributed by atoms with van der Waals surface area (Å²) in [5.41, 5.74) is 1.20. The molecule has 68 valence electrons. The lowest BCUT2D eigenvalue weighted by molar-refractivity contribution is 0.153. The van der Waals surface area contributed by atoms with Gasteiger partial charge in [0.2, 0.25) is 0 Å². The summed E-state index contributed by atoms with van der Waals surface area (Å²) >= 11 is 0. The quantitative estimate of drug-likeness (QED) is 0.590. The maximum absolute atomic E-state index is 11.1. The van der Waals surface area contributed by atoms with E-state index >= 15 is 0 Å². The molecule has 0 N–H and O–H groups in total. The average Bonchev–Trinajstić information content (AvgIpc) is 2.48. The molecule has 1 rings (SSSR count). The van der Waals surface area contributed by atoms with E-state index in [-0.39, 0.29) is 12.1 Å². The summed E-state index contributed by atoms with van der Waals surface area (Å²) in [6.07, 6.45) is 1.83. The van der Waals surface area contributed by atoms with Crippen LogP contribution in [0.4, 0.5) is 4.79 Å². The largest absolute Gasteiger partial charge is 0.448 e. The van der Waals surface area contributed by atoms with Gasteiger partial charge in [-0.25, -0.2) is 4.79 Å². The zero-order chi connectivity index (χ0) is 9.14. The normalized spacial score (nSPS) is 21.1. The maximum atomic E-state index is 11.1. The molecule has 0 aromatic carbocycles. The molecule has 1 aliphatic rings. The van der Waals surface area contributed by atoms with Gasteiger partial charge < -0.3 is 4.74 Å². The second kappa shape index (κ2) is 3.61. The van der Waals surface area contributed by atoms with Crippen molar-refractivity contribution in [1.82, 2.24) is 4.90 Å². The minimum atomic E-state index is -0.191. The molecule has 0 spiro atoms. The Bertz CT molecular complexity index is 211. The number of rotatable bonds is 2. The van der Waals surface area contributed by atoms with Gasteiger partial charge in [-0.2, -0.15) is 0 Å². The number of nitrogens with zero attached hydrogens (tertiary/aromatic N) is 1. The molecule has 3 nitrogen and oxygen atoms in total. The number of hydrogen-bond acceptors (Lipinski definition) is 2. The van der Waals surface area contributed by atoms with E-state index in [1.54, 1.807) is 4.90 Å². The van der Waals surface area contributed by atoms with Gasteiger partial charge in [-0.05, 0) is 20.8 Å². The molecular formula is C9H15NO2. The molecular weight excluding hydrogens is 154 g/mol. The fraction of sp³-hybridized carbons (Fsp3) is 0.667. The molecule has 1 amide bonds. The van der Waals surface area contributed by atoms with E-state index in [1.807, 2.05) is 26.8 Å². The minimum absolute atomic E-state index is 0.171. The molecule has 1 heterocycles. The molecule has 0 saturated carbocycles. The molecule has 1 saturated heterocycles. The smallest absolute Gasteiger partial charge is 0.410 e. The summed E-state index contributed by atoms with van der Waals surface area (Å²) in [7, 11) is 0. The van der Waals surface area contributed by atoms with Crippen LogP contribution in [0.5, 0.6) is 0 Å². The van der Waals surface area contributed by atoms with Crippen molar-refractivity contribution >= 4 is 6.09 Å². The summed E-state index contributed by atoms with van der Waals surface area (Å²) in [6, 6.07) is 0.171. The lowest BCUT2D eigenvalue weighted by Gasteiger charge is -2.22. The Morgan fingerprint density at radius 1 is 1.75 bits per heavy atom. The topological polar surface area (TPSA) is 29.5 Å². The molecule has 0 bridgehead atoms. The zero-order valence-corrected chi connectivity index (χ0v) is 7.83. The number of hydrogen-bond donors (Lipinski definition) is 0. The van der Waals surface area contributed by atoms with Crippen LogP contribution in [0, 0.1) is 0 Å². The Morgan fingerprint density at radius 3 is 2.83 bits per heavy atom. The van der Waals surface area contributed by atoms with Crippen LogP contribution in [0.3, 0.4) is 0 Å². The predicted molar refractivity (Wildman–Crippen MR) is 46.9 cm³/mol. The van der Waals surface area contributed by atoms with Crippen LogP contribution in [0.15, 0.2) is 11.6 Å². The minimum Gasteiger partial charge on any atom is -0.448 e. The van der Waals surface area contributed by atoms with Crippen LogP contribution in [-0.4, -0.2) is 30.2 Å². The van der Waals surface area contributed by atoms with Crippen LogP contribution in [0.2, 0.25) is 0 Å². The predicted octanol–water partition coefficient (Wildman–Crippen LogP) is 1.79. The second-order valence-electron chi connectivity index (χ2n) is 3.02. The fourth-order valence-corrected chi connectivity index (χ4v) is 1.24. The summed E-state index contributed by atoms with van der Waals surface area (Å²) in [5.74, 6) is 0. The number of cyclic esters (lactones) is 1. The molecule has 3 heteroatoms. The van der Waals surface area contributed by atoms with Gasteiger partial charge in [0.25, 0.3) is 0 Å². The highest BCUT2D eigenvalue weighted by Gasteiger charge is 2.27. The number of ether oxygens (including phenoxy) is 1. The molecule has 1 unspecified atom stereocenters. The van der Waals surface area contributed by atoms with Crippen molar-refractivity contribution < 1.29 is 9.53 Å². The fourth-order valence-electron chi connectivity index (χ4n) is 1.24. The Kier molecular flexibility index (Phi) is 2.74. The van der Waals surface area contributed by atoms with Gasteiger partial charge in [0, 0.05) is 0 Å². The van der Waals surface area contributed by atoms with Crippen molar-refractivity contribution in [3.05, 3.63) is 11.6 Å². The zero-order valence-electron chi connectivity index (χ0n) is 7.83. The first kappa shape index (κ1) is 9.10. The number of carbonyl (C=O) groups is 1. The van der Waals surface area contributed by atoms with E-state index in [0.29, 0.717) is 13.2 Å². The molecule has 12 heavy (non-hydrogen) atoms. The lowest BCUT2D eigenvalue weighted by Crippen LogP contribution is -2.34. The van der Waals surface area contributed by atoms with Gasteiger partial charge in [0.1, 0.15) is 6.61 Å². The van der Waals surface area contributed by atoms with Gasteiger partial charge in [0.15, 0.2) is 0 Å². The van der Waals surface area contributed by atoms with E-state index in [2.05, 4.69) is 0 Å². The van der Waals surface area contributed by atoms with Crippen molar-refractivity contribution in [3.63, 3.8) is 0 Å². The highest BCUT2D eigenvalue weighted by molar-refractivity contribution is 5.70. The summed E-state index contributed by atoms with van der Waals surface area (Å²) in [6.45, 7) is 7.26. The highest BCUT2D eigenvalue weighted by Crippen LogP contribution is 2.14. The molecule has 0 aromatic heterocycles. The first-order chi connectivity index (χ1) is 5.66. The molecule has 0 aliphatic carbocycles. The van der Waals surface area contributed by atoms with Crippen LogP contribution in [-0.2, 0) is 4.74 Å². The van der Waals surface area contributed by atoms with Crippen LogP contribution in [0.1, 0.15) is 20.8 Å². The van der Waals surface area contributed by atoms with Crippen LogP contribution >= 0.6 is 0 Å². The number of carbonyl (C=O) groups excluding carboxylic acids is 1. The monoisotopic (exact) mass is 169 g/mol. The maximum Gasteiger partial charge on any atom is 0.410 e. The Labute approximate surface area is 73.0 Å². The van der Waals surface area contributed by atoms with Crippen molar-refractivity contribution in [2.24, 2.45) is 0 Å². The second-order valence-corrected chi connectivity index (χ2v) is 3.02. The van der Waals surface area contributed by atoms with Crippen molar-refractivity contribution in [3.8, 4) is 0 Å². The van der Waals surface area contributed by atoms with Gasteiger partial charge in [-0.3, -0.25) is 4.90 Å². The van der Waals surface area contributed by atoms with Gasteiger partial charge in [-0.1, -0.05) is 11.6 Å². The van der Waals surface area contributed by atoms with Crippen LogP contribution in [0.25, 0.3) is 0 Å². The molecule has 1 atom stereocenters. The third-order valence-corrected chi connectivity index (χ3v) is 2.37. The van der Waals surface area contributed by atoms with E-state index in [9.17, 15) is 4.79 Å². The van der Waals surface area contributed by atoms with Crippen LogP contribution < -0.4 is 0 Å². The Hall–Kier alpha value is -0.990. The number of amides is 1. The standard InChI is InChI=1S/C9H15NO2/c1-4-7(2)8(3)10-5-6-12-9(10)11/h4,8H,5-6H2,1-3H3/b7-4+. The third-order valence-electron chi connectivity index (χ3n) is 2.37. The summed E-state index contributed by atoms with van der Waals surface area (Å²) < 4.78 is 4.84. The SMILES string of the molecule is C/C=C(\C)C(C)N1CCOC1=O. The lowest BCUT2D eigenvalue weighted by atomic mass is 10.1. The first-order valence-corrected chi connectivity index (χ1v) is 4.23. The molecule has 0 radical (unpaired) electrons. The van der Waals surface area contributed by atoms with Gasteiger partial charge >= 0.3 is 6.09 Å². The van der Waals surface area contributed by atoms with E-state index < -0.39 is 0 Å². The molecule has 1 fully saturated rings. The molecule has 1 aliphatic heterocycles. The Balaban J connectivity index is 2.63. The van der Waals surface area contributed by atoms with E-state index in [1.165, 1.54) is 5.57 Å². The molecule has 0 aromatic rings. The van der Waals surface area contributed by atoms with Crippen molar-refractivity contribution in [2.45, 2.75) is 26.8 Å². The third kappa shape index (κ3) is 1.60. The van der Waals surface area contributed by atoms with Crippen molar-refractivity contribution in [1.29, 1.82) is 0 Å². The van der Waals surface area contributed by atoms with Gasteiger partial charge in [0.05, 0.1) is 12.6 Å². The van der Waals surface area contributed by atoms with Crippen molar-refractivity contribution in [2.75, 3.05) is 13.2 Å². The summed E-state index contributed by atoms with van der Waals surface area (Å²) in [4.78, 5) is 12.9. The van der Waals surface area contributed by atoms with E-state index in [4.69, 9.17) is 4.74 Å². The Morgan fingerprint density at radius 2 is 2.42 bits per heavy atom. The first-order valence-electron chi connectivity index (χ1n) is 4.23. The summed E-state index contributed by atoms with van der Waals surface area (Å²) in [5, 5.41) is 0.